The number of carbonyl (C=O) groups is 1. The summed E-state index contributed by atoms with van der Waals surface area (Å²) in [6.45, 7) is 1.85. The summed E-state index contributed by atoms with van der Waals surface area (Å²) in [6, 6.07) is 12.3. The Balaban J connectivity index is 1.64. The minimum Gasteiger partial charge on any atom is -0.325 e. The fourth-order valence-corrected chi connectivity index (χ4v) is 4.26. The standard InChI is InChI=1S/C22H22ClF2N5O/c1-13-3-8-17(23)11-18(13)26-21(31)19(16-9-10-22(24,25)12-16)14-4-6-15(7-5-14)20-27-29-30(2)28-20/h3-8,11,16,19H,9-10,12H2,1-2H3,(H,26,31)/t16-,19+/m0/s1. The molecule has 9 heteroatoms. The Bertz CT molecular complexity index is 1100. The van der Waals surface area contributed by atoms with E-state index in [-0.39, 0.29) is 25.2 Å². The number of amides is 1. The molecule has 6 nitrogen and oxygen atoms in total. The molecule has 1 amide bonds. The van der Waals surface area contributed by atoms with Crippen LogP contribution in [0.15, 0.2) is 42.5 Å². The second-order valence-corrected chi connectivity index (χ2v) is 8.45. The number of hydrogen-bond donors (Lipinski definition) is 1. The molecule has 3 aromatic rings. The van der Waals surface area contributed by atoms with Gasteiger partial charge in [-0.2, -0.15) is 4.80 Å². The summed E-state index contributed by atoms with van der Waals surface area (Å²) in [6.07, 6.45) is -0.237. The van der Waals surface area contributed by atoms with Crippen molar-refractivity contribution in [3.8, 4) is 11.4 Å². The maximum absolute atomic E-state index is 14.0. The second kappa shape index (κ2) is 8.34. The topological polar surface area (TPSA) is 72.7 Å². The average Bonchev–Trinajstić information content (AvgIpc) is 3.30. The van der Waals surface area contributed by atoms with Gasteiger partial charge in [0.25, 0.3) is 0 Å². The number of aryl methyl sites for hydroxylation is 2. The first kappa shape index (κ1) is 21.4. The van der Waals surface area contributed by atoms with E-state index in [1.807, 2.05) is 6.92 Å². The van der Waals surface area contributed by atoms with Crippen molar-refractivity contribution in [1.82, 2.24) is 20.2 Å². The monoisotopic (exact) mass is 445 g/mol. The first-order valence-corrected chi connectivity index (χ1v) is 10.4. The van der Waals surface area contributed by atoms with Gasteiger partial charge < -0.3 is 5.32 Å². The fraction of sp³-hybridized carbons (Fsp3) is 0.364. The summed E-state index contributed by atoms with van der Waals surface area (Å²) in [5.41, 5.74) is 2.83. The van der Waals surface area contributed by atoms with Crippen LogP contribution in [0.3, 0.4) is 0 Å². The van der Waals surface area contributed by atoms with Gasteiger partial charge in [-0.1, -0.05) is 41.9 Å². The zero-order valence-corrected chi connectivity index (χ0v) is 17.9. The van der Waals surface area contributed by atoms with Crippen LogP contribution in [0, 0.1) is 12.8 Å². The van der Waals surface area contributed by atoms with Crippen LogP contribution in [0.25, 0.3) is 11.4 Å². The summed E-state index contributed by atoms with van der Waals surface area (Å²) in [5, 5.41) is 15.3. The molecule has 0 spiro atoms. The van der Waals surface area contributed by atoms with Gasteiger partial charge in [0.05, 0.1) is 13.0 Å². The number of carbonyl (C=O) groups excluding carboxylic acids is 1. The molecule has 1 fully saturated rings. The molecule has 1 N–H and O–H groups in total. The van der Waals surface area contributed by atoms with E-state index < -0.39 is 17.8 Å². The maximum atomic E-state index is 14.0. The van der Waals surface area contributed by atoms with Gasteiger partial charge in [0.1, 0.15) is 0 Å². The lowest BCUT2D eigenvalue weighted by atomic mass is 9.83. The Morgan fingerprint density at radius 2 is 2.00 bits per heavy atom. The molecule has 1 heterocycles. The number of halogens is 3. The van der Waals surface area contributed by atoms with Crippen LogP contribution >= 0.6 is 11.6 Å². The van der Waals surface area contributed by atoms with Gasteiger partial charge >= 0.3 is 0 Å². The third-order valence-electron chi connectivity index (χ3n) is 5.69. The lowest BCUT2D eigenvalue weighted by Crippen LogP contribution is -2.27. The summed E-state index contributed by atoms with van der Waals surface area (Å²) in [7, 11) is 1.67. The van der Waals surface area contributed by atoms with Gasteiger partial charge in [0.15, 0.2) is 0 Å². The smallest absolute Gasteiger partial charge is 0.248 e. The first-order chi connectivity index (χ1) is 14.7. The molecule has 2 atom stereocenters. The van der Waals surface area contributed by atoms with E-state index in [0.29, 0.717) is 22.1 Å². The van der Waals surface area contributed by atoms with Crippen LogP contribution in [0.1, 0.15) is 36.3 Å². The van der Waals surface area contributed by atoms with Gasteiger partial charge in [-0.05, 0) is 47.7 Å². The third-order valence-corrected chi connectivity index (χ3v) is 5.92. The molecule has 162 valence electrons. The maximum Gasteiger partial charge on any atom is 0.248 e. The van der Waals surface area contributed by atoms with Crippen LogP contribution in [0.5, 0.6) is 0 Å². The molecule has 0 unspecified atom stereocenters. The van der Waals surface area contributed by atoms with Crippen molar-refractivity contribution in [3.63, 3.8) is 0 Å². The van der Waals surface area contributed by atoms with Crippen molar-refractivity contribution in [2.24, 2.45) is 13.0 Å². The van der Waals surface area contributed by atoms with E-state index in [1.54, 1.807) is 49.5 Å². The highest BCUT2D eigenvalue weighted by Crippen LogP contribution is 2.46. The van der Waals surface area contributed by atoms with Gasteiger partial charge in [-0.3, -0.25) is 4.79 Å². The highest BCUT2D eigenvalue weighted by atomic mass is 35.5. The van der Waals surface area contributed by atoms with Gasteiger partial charge in [0, 0.05) is 29.1 Å². The molecule has 1 saturated carbocycles. The molecule has 0 radical (unpaired) electrons. The number of anilines is 1. The van der Waals surface area contributed by atoms with Crippen LogP contribution in [-0.4, -0.2) is 32.0 Å². The zero-order valence-electron chi connectivity index (χ0n) is 17.1. The fourth-order valence-electron chi connectivity index (χ4n) is 4.08. The highest BCUT2D eigenvalue weighted by molar-refractivity contribution is 6.31. The van der Waals surface area contributed by atoms with Crippen LogP contribution < -0.4 is 5.32 Å². The Hall–Kier alpha value is -2.87. The number of tetrazole rings is 1. The normalized spacial score (nSPS) is 18.7. The predicted octanol–water partition coefficient (Wildman–Crippen LogP) is 5.00. The van der Waals surface area contributed by atoms with Gasteiger partial charge in [-0.25, -0.2) is 8.78 Å². The number of rotatable bonds is 5. The van der Waals surface area contributed by atoms with Crippen molar-refractivity contribution in [3.05, 3.63) is 58.6 Å². The summed E-state index contributed by atoms with van der Waals surface area (Å²) in [4.78, 5) is 14.7. The molecule has 0 bridgehead atoms. The predicted molar refractivity (Wildman–Crippen MR) is 114 cm³/mol. The third kappa shape index (κ3) is 4.74. The van der Waals surface area contributed by atoms with Crippen LogP contribution in [0.2, 0.25) is 5.02 Å². The molecular weight excluding hydrogens is 424 g/mol. The molecular formula is C22H22ClF2N5O. The van der Waals surface area contributed by atoms with E-state index >= 15 is 0 Å². The summed E-state index contributed by atoms with van der Waals surface area (Å²) in [5.74, 6) is -3.79. The minimum atomic E-state index is -2.75. The molecule has 4 rings (SSSR count). The van der Waals surface area contributed by atoms with Crippen molar-refractivity contribution in [2.45, 2.75) is 38.0 Å². The molecule has 1 aliphatic carbocycles. The number of aromatic nitrogens is 4. The van der Waals surface area contributed by atoms with E-state index in [0.717, 1.165) is 11.1 Å². The van der Waals surface area contributed by atoms with Crippen LogP contribution in [0.4, 0.5) is 14.5 Å². The molecule has 0 saturated heterocycles. The summed E-state index contributed by atoms with van der Waals surface area (Å²) < 4.78 is 28.0. The number of nitrogens with one attached hydrogen (secondary N) is 1. The van der Waals surface area contributed by atoms with Crippen molar-refractivity contribution in [1.29, 1.82) is 0 Å². The lowest BCUT2D eigenvalue weighted by molar-refractivity contribution is -0.118. The van der Waals surface area contributed by atoms with Crippen molar-refractivity contribution in [2.75, 3.05) is 5.32 Å². The van der Waals surface area contributed by atoms with Gasteiger partial charge in [-0.15, -0.1) is 10.2 Å². The molecule has 31 heavy (non-hydrogen) atoms. The van der Waals surface area contributed by atoms with E-state index in [2.05, 4.69) is 20.7 Å². The number of benzene rings is 2. The number of hydrogen-bond acceptors (Lipinski definition) is 4. The minimum absolute atomic E-state index is 0.209. The Kier molecular flexibility index (Phi) is 5.75. The average molecular weight is 446 g/mol. The Morgan fingerprint density at radius 1 is 1.26 bits per heavy atom. The Morgan fingerprint density at radius 3 is 2.61 bits per heavy atom. The quantitative estimate of drug-likeness (QED) is 0.600. The van der Waals surface area contributed by atoms with Crippen LogP contribution in [-0.2, 0) is 11.8 Å². The lowest BCUT2D eigenvalue weighted by Gasteiger charge is -2.24. The van der Waals surface area contributed by atoms with Gasteiger partial charge in [0.2, 0.25) is 17.7 Å². The number of nitrogens with zero attached hydrogens (tertiary/aromatic N) is 4. The molecule has 2 aromatic carbocycles. The van der Waals surface area contributed by atoms with E-state index in [4.69, 9.17) is 11.6 Å². The van der Waals surface area contributed by atoms with Crippen molar-refractivity contribution >= 4 is 23.2 Å². The Labute approximate surface area is 183 Å². The summed E-state index contributed by atoms with van der Waals surface area (Å²) >= 11 is 6.07. The van der Waals surface area contributed by atoms with E-state index in [1.165, 1.54) is 4.80 Å². The molecule has 1 aliphatic rings. The first-order valence-electron chi connectivity index (χ1n) is 10.0. The second-order valence-electron chi connectivity index (χ2n) is 8.01. The molecule has 0 aliphatic heterocycles. The largest absolute Gasteiger partial charge is 0.325 e. The SMILES string of the molecule is Cc1ccc(Cl)cc1NC(=O)[C@H](c1ccc(-c2nnn(C)n2)cc1)[C@H]1CCC(F)(F)C1. The van der Waals surface area contributed by atoms with E-state index in [9.17, 15) is 13.6 Å². The molecule has 1 aromatic heterocycles. The highest BCUT2D eigenvalue weighted by Gasteiger charge is 2.45. The number of alkyl halides is 2. The zero-order chi connectivity index (χ0) is 22.2. The van der Waals surface area contributed by atoms with Crippen molar-refractivity contribution < 1.29 is 13.6 Å².